The molecule has 1 saturated carbocycles. The van der Waals surface area contributed by atoms with E-state index in [1.807, 2.05) is 0 Å². The first-order valence-electron chi connectivity index (χ1n) is 10.6. The normalized spacial score (nSPS) is 13.9. The lowest BCUT2D eigenvalue weighted by molar-refractivity contribution is -0.384. The lowest BCUT2D eigenvalue weighted by Gasteiger charge is -2.35. The SMILES string of the molecule is COc1cc(CN(C(=O)c2cc([N+](=O)[O-])ccc2Cl)C2CCCCC2)ccc1OCC(N)=O. The zero-order valence-electron chi connectivity index (χ0n) is 18.3. The molecule has 33 heavy (non-hydrogen) atoms. The molecule has 0 saturated heterocycles. The fourth-order valence-electron chi connectivity index (χ4n) is 3.98. The fourth-order valence-corrected chi connectivity index (χ4v) is 4.18. The third kappa shape index (κ3) is 6.13. The second kappa shape index (κ2) is 11.0. The molecule has 0 heterocycles. The monoisotopic (exact) mass is 475 g/mol. The molecule has 2 N–H and O–H groups in total. The number of benzene rings is 2. The number of nitrogens with zero attached hydrogens (tertiary/aromatic N) is 2. The second-order valence-corrected chi connectivity index (χ2v) is 8.29. The van der Waals surface area contributed by atoms with Crippen molar-refractivity contribution in [3.63, 3.8) is 0 Å². The second-order valence-electron chi connectivity index (χ2n) is 7.89. The van der Waals surface area contributed by atoms with E-state index in [2.05, 4.69) is 0 Å². The van der Waals surface area contributed by atoms with Gasteiger partial charge in [0.15, 0.2) is 18.1 Å². The Labute approximate surface area is 196 Å². The minimum atomic E-state index is -0.607. The fraction of sp³-hybridized carbons (Fsp3) is 0.391. The van der Waals surface area contributed by atoms with Crippen molar-refractivity contribution in [3.8, 4) is 11.5 Å². The maximum atomic E-state index is 13.6. The highest BCUT2D eigenvalue weighted by Crippen LogP contribution is 2.32. The standard InChI is InChI=1S/C23H26ClN3O6/c1-32-21-11-15(7-10-20(21)33-14-22(25)28)13-26(16-5-3-2-4-6-16)23(29)18-12-17(27(30)31)8-9-19(18)24/h7-12,16H,2-6,13-14H2,1H3,(H2,25,28). The van der Waals surface area contributed by atoms with E-state index >= 15 is 0 Å². The summed E-state index contributed by atoms with van der Waals surface area (Å²) in [7, 11) is 1.48. The Hall–Kier alpha value is -3.33. The van der Waals surface area contributed by atoms with Gasteiger partial charge in [0, 0.05) is 24.7 Å². The summed E-state index contributed by atoms with van der Waals surface area (Å²) in [4.78, 5) is 37.0. The molecule has 9 nitrogen and oxygen atoms in total. The van der Waals surface area contributed by atoms with Gasteiger partial charge in [-0.05, 0) is 36.6 Å². The highest BCUT2D eigenvalue weighted by Gasteiger charge is 2.29. The van der Waals surface area contributed by atoms with Gasteiger partial charge >= 0.3 is 0 Å². The molecule has 10 heteroatoms. The predicted molar refractivity (Wildman–Crippen MR) is 123 cm³/mol. The first kappa shape index (κ1) is 24.3. The first-order chi connectivity index (χ1) is 15.8. The minimum Gasteiger partial charge on any atom is -0.493 e. The van der Waals surface area contributed by atoms with Crippen molar-refractivity contribution in [3.05, 3.63) is 62.7 Å². The molecule has 0 aliphatic heterocycles. The van der Waals surface area contributed by atoms with Crippen molar-refractivity contribution < 1.29 is 24.0 Å². The molecule has 0 unspecified atom stereocenters. The molecule has 3 rings (SSSR count). The molecule has 1 aliphatic carbocycles. The molecule has 1 fully saturated rings. The van der Waals surface area contributed by atoms with E-state index in [9.17, 15) is 19.7 Å². The number of halogens is 1. The average Bonchev–Trinajstić information content (AvgIpc) is 2.81. The quantitative estimate of drug-likeness (QED) is 0.430. The van der Waals surface area contributed by atoms with Gasteiger partial charge in [-0.2, -0.15) is 0 Å². The van der Waals surface area contributed by atoms with Crippen LogP contribution in [0.15, 0.2) is 36.4 Å². The van der Waals surface area contributed by atoms with Crippen molar-refractivity contribution in [2.45, 2.75) is 44.7 Å². The molecule has 0 atom stereocenters. The van der Waals surface area contributed by atoms with Crippen molar-refractivity contribution in [1.82, 2.24) is 4.90 Å². The third-order valence-electron chi connectivity index (χ3n) is 5.62. The number of carbonyl (C=O) groups is 2. The van der Waals surface area contributed by atoms with Crippen LogP contribution in [0.25, 0.3) is 0 Å². The molecular weight excluding hydrogens is 450 g/mol. The van der Waals surface area contributed by atoms with Crippen LogP contribution in [-0.4, -0.2) is 41.4 Å². The number of ether oxygens (including phenoxy) is 2. The van der Waals surface area contributed by atoms with Gasteiger partial charge in [0.1, 0.15) is 0 Å². The summed E-state index contributed by atoms with van der Waals surface area (Å²) in [5.41, 5.74) is 5.83. The van der Waals surface area contributed by atoms with Crippen LogP contribution >= 0.6 is 11.6 Å². The van der Waals surface area contributed by atoms with Crippen LogP contribution in [0.3, 0.4) is 0 Å². The van der Waals surface area contributed by atoms with Gasteiger partial charge < -0.3 is 20.1 Å². The molecule has 0 spiro atoms. The summed E-state index contributed by atoms with van der Waals surface area (Å²) in [5, 5.41) is 11.4. The summed E-state index contributed by atoms with van der Waals surface area (Å²) in [6.07, 6.45) is 4.79. The summed E-state index contributed by atoms with van der Waals surface area (Å²) in [6, 6.07) is 9.02. The smallest absolute Gasteiger partial charge is 0.270 e. The van der Waals surface area contributed by atoms with E-state index in [1.165, 1.54) is 25.3 Å². The van der Waals surface area contributed by atoms with E-state index in [4.69, 9.17) is 26.8 Å². The van der Waals surface area contributed by atoms with Crippen LogP contribution in [0.1, 0.15) is 48.0 Å². The number of nitrogens with two attached hydrogens (primary N) is 1. The average molecular weight is 476 g/mol. The van der Waals surface area contributed by atoms with Gasteiger partial charge in [-0.1, -0.05) is 36.9 Å². The molecule has 176 valence electrons. The summed E-state index contributed by atoms with van der Waals surface area (Å²) in [6.45, 7) is -0.0251. The Morgan fingerprint density at radius 1 is 1.15 bits per heavy atom. The summed E-state index contributed by atoms with van der Waals surface area (Å²) < 4.78 is 10.7. The van der Waals surface area contributed by atoms with E-state index in [0.717, 1.165) is 37.7 Å². The molecule has 1 aliphatic rings. The van der Waals surface area contributed by atoms with Gasteiger partial charge in [0.05, 0.1) is 22.6 Å². The molecule has 0 radical (unpaired) electrons. The molecule has 2 aromatic carbocycles. The van der Waals surface area contributed by atoms with E-state index in [-0.39, 0.29) is 41.4 Å². The number of nitro groups is 1. The zero-order chi connectivity index (χ0) is 24.0. The molecule has 2 amide bonds. The van der Waals surface area contributed by atoms with Crippen molar-refractivity contribution in [2.24, 2.45) is 5.73 Å². The lowest BCUT2D eigenvalue weighted by Crippen LogP contribution is -2.41. The van der Waals surface area contributed by atoms with Crippen LogP contribution in [0.4, 0.5) is 5.69 Å². The lowest BCUT2D eigenvalue weighted by atomic mass is 9.93. The highest BCUT2D eigenvalue weighted by molar-refractivity contribution is 6.33. The Morgan fingerprint density at radius 2 is 1.88 bits per heavy atom. The number of carbonyl (C=O) groups excluding carboxylic acids is 2. The van der Waals surface area contributed by atoms with Gasteiger partial charge in [-0.25, -0.2) is 0 Å². The number of amides is 2. The van der Waals surface area contributed by atoms with Crippen molar-refractivity contribution >= 4 is 29.1 Å². The minimum absolute atomic E-state index is 0.0154. The molecule has 2 aromatic rings. The first-order valence-corrected chi connectivity index (χ1v) is 11.0. The van der Waals surface area contributed by atoms with E-state index < -0.39 is 10.8 Å². The number of hydrogen-bond donors (Lipinski definition) is 1. The van der Waals surface area contributed by atoms with Gasteiger partial charge in [-0.15, -0.1) is 0 Å². The highest BCUT2D eigenvalue weighted by atomic mass is 35.5. The van der Waals surface area contributed by atoms with Crippen molar-refractivity contribution in [2.75, 3.05) is 13.7 Å². The number of hydrogen-bond acceptors (Lipinski definition) is 6. The Kier molecular flexibility index (Phi) is 8.11. The van der Waals surface area contributed by atoms with Gasteiger partial charge in [0.25, 0.3) is 17.5 Å². The summed E-state index contributed by atoms with van der Waals surface area (Å²) in [5.74, 6) is -0.205. The number of rotatable bonds is 9. The van der Waals surface area contributed by atoms with Crippen LogP contribution in [0, 0.1) is 10.1 Å². The predicted octanol–water partition coefficient (Wildman–Crippen LogP) is 4.10. The Morgan fingerprint density at radius 3 is 2.52 bits per heavy atom. The van der Waals surface area contributed by atoms with Crippen molar-refractivity contribution in [1.29, 1.82) is 0 Å². The van der Waals surface area contributed by atoms with Crippen LogP contribution in [-0.2, 0) is 11.3 Å². The summed E-state index contributed by atoms with van der Waals surface area (Å²) >= 11 is 6.27. The Balaban J connectivity index is 1.92. The Bertz CT molecular complexity index is 1040. The van der Waals surface area contributed by atoms with E-state index in [0.29, 0.717) is 11.5 Å². The third-order valence-corrected chi connectivity index (χ3v) is 5.95. The number of methoxy groups -OCH3 is 1. The number of nitro benzene ring substituents is 1. The van der Waals surface area contributed by atoms with Crippen LogP contribution < -0.4 is 15.2 Å². The maximum Gasteiger partial charge on any atom is 0.270 e. The van der Waals surface area contributed by atoms with Crippen LogP contribution in [0.2, 0.25) is 5.02 Å². The zero-order valence-corrected chi connectivity index (χ0v) is 19.0. The van der Waals surface area contributed by atoms with E-state index in [1.54, 1.807) is 23.1 Å². The van der Waals surface area contributed by atoms with Gasteiger partial charge in [-0.3, -0.25) is 19.7 Å². The maximum absolute atomic E-state index is 13.6. The van der Waals surface area contributed by atoms with Crippen LogP contribution in [0.5, 0.6) is 11.5 Å². The molecule has 0 aromatic heterocycles. The number of non-ortho nitro benzene ring substituents is 1. The molecular formula is C23H26ClN3O6. The van der Waals surface area contributed by atoms with Gasteiger partial charge in [0.2, 0.25) is 0 Å². The topological polar surface area (TPSA) is 125 Å². The number of primary amides is 1. The largest absolute Gasteiger partial charge is 0.493 e. The molecule has 0 bridgehead atoms.